The molecule has 26 heavy (non-hydrogen) atoms. The van der Waals surface area contributed by atoms with E-state index in [0.717, 1.165) is 18.5 Å². The highest BCUT2D eigenvalue weighted by molar-refractivity contribution is 5.85. The van der Waals surface area contributed by atoms with Crippen LogP contribution in [0.15, 0.2) is 6.07 Å². The Morgan fingerprint density at radius 3 is 2.19 bits per heavy atom. The Labute approximate surface area is 145 Å². The molecule has 1 saturated heterocycles. The summed E-state index contributed by atoms with van der Waals surface area (Å²) in [7, 11) is 1.84. The van der Waals surface area contributed by atoms with Gasteiger partial charge in [0.2, 0.25) is 0 Å². The van der Waals surface area contributed by atoms with E-state index in [4.69, 9.17) is 15.0 Å². The van der Waals surface area contributed by atoms with Crippen LogP contribution in [0, 0.1) is 0 Å². The van der Waals surface area contributed by atoms with Gasteiger partial charge in [0.15, 0.2) is 5.69 Å². The van der Waals surface area contributed by atoms with Gasteiger partial charge < -0.3 is 20.0 Å². The fourth-order valence-corrected chi connectivity index (χ4v) is 2.33. The van der Waals surface area contributed by atoms with Crippen LogP contribution in [0.4, 0.5) is 18.0 Å². The molecule has 0 bridgehead atoms. The molecule has 1 aromatic rings. The van der Waals surface area contributed by atoms with Gasteiger partial charge in [-0.2, -0.15) is 18.3 Å². The van der Waals surface area contributed by atoms with Crippen molar-refractivity contribution in [3.63, 3.8) is 0 Å². The molecule has 144 valence electrons. The topological polar surface area (TPSA) is 127 Å². The molecule has 0 radical (unpaired) electrons. The second kappa shape index (κ2) is 7.22. The number of hydrogen-bond donors (Lipinski definition) is 3. The number of aromatic carboxylic acids is 1. The average molecular weight is 378 g/mol. The van der Waals surface area contributed by atoms with Crippen LogP contribution in [0.3, 0.4) is 0 Å². The number of hydrogen-bond acceptors (Lipinski definition) is 4. The van der Waals surface area contributed by atoms with E-state index in [-0.39, 0.29) is 17.6 Å². The van der Waals surface area contributed by atoms with E-state index in [1.54, 1.807) is 15.9 Å². The van der Waals surface area contributed by atoms with Crippen LogP contribution in [0.25, 0.3) is 0 Å². The summed E-state index contributed by atoms with van der Waals surface area (Å²) >= 11 is 0. The second-order valence-corrected chi connectivity index (χ2v) is 6.04. The quantitative estimate of drug-likeness (QED) is 0.729. The maximum absolute atomic E-state index is 12.0. The molecule has 0 atom stereocenters. The lowest BCUT2D eigenvalue weighted by molar-refractivity contribution is -0.192. The normalized spacial score (nSPS) is 17.0. The predicted octanol–water partition coefficient (Wildman–Crippen LogP) is 1.35. The number of urea groups is 1. The van der Waals surface area contributed by atoms with Gasteiger partial charge in [0.05, 0.1) is 0 Å². The summed E-state index contributed by atoms with van der Waals surface area (Å²) in [5.74, 6) is -3.63. The summed E-state index contributed by atoms with van der Waals surface area (Å²) in [5, 5.41) is 22.4. The number of nitrogens with one attached hydrogen (secondary N) is 1. The van der Waals surface area contributed by atoms with E-state index in [9.17, 15) is 22.8 Å². The molecule has 12 heteroatoms. The number of aromatic amines is 1. The molecule has 0 aromatic carbocycles. The van der Waals surface area contributed by atoms with Crippen molar-refractivity contribution < 1.29 is 37.8 Å². The number of amides is 2. The molecule has 2 aliphatic rings. The van der Waals surface area contributed by atoms with Gasteiger partial charge in [0, 0.05) is 37.8 Å². The van der Waals surface area contributed by atoms with Gasteiger partial charge in [-0.25, -0.2) is 14.4 Å². The number of likely N-dealkylation sites (tertiary alicyclic amines) is 1. The first-order valence-corrected chi connectivity index (χ1v) is 7.61. The fraction of sp³-hybridized carbons (Fsp3) is 0.571. The SMILES string of the molecule is CN(C(=O)N1CC(c2cc(C(=O)O)n[nH]2)C1)C1CC1.O=C(O)C(F)(F)F. The molecule has 1 aliphatic heterocycles. The fourth-order valence-electron chi connectivity index (χ4n) is 2.33. The van der Waals surface area contributed by atoms with Crippen molar-refractivity contribution in [2.75, 3.05) is 20.1 Å². The minimum Gasteiger partial charge on any atom is -0.476 e. The number of rotatable bonds is 3. The van der Waals surface area contributed by atoms with E-state index in [0.29, 0.717) is 19.1 Å². The van der Waals surface area contributed by atoms with E-state index in [2.05, 4.69) is 10.2 Å². The van der Waals surface area contributed by atoms with Gasteiger partial charge in [0.25, 0.3) is 0 Å². The number of aliphatic carboxylic acids is 1. The Morgan fingerprint density at radius 1 is 1.27 bits per heavy atom. The van der Waals surface area contributed by atoms with Crippen LogP contribution in [-0.2, 0) is 4.79 Å². The van der Waals surface area contributed by atoms with Crippen molar-refractivity contribution in [1.82, 2.24) is 20.0 Å². The molecular weight excluding hydrogens is 361 g/mol. The van der Waals surface area contributed by atoms with Crippen LogP contribution in [-0.4, -0.2) is 80.5 Å². The smallest absolute Gasteiger partial charge is 0.476 e. The second-order valence-electron chi connectivity index (χ2n) is 6.04. The first kappa shape index (κ1) is 19.5. The highest BCUT2D eigenvalue weighted by Gasteiger charge is 2.39. The van der Waals surface area contributed by atoms with Gasteiger partial charge >= 0.3 is 24.1 Å². The third kappa shape index (κ3) is 4.64. The molecule has 2 fully saturated rings. The molecule has 3 rings (SSSR count). The van der Waals surface area contributed by atoms with Gasteiger partial charge in [0.1, 0.15) is 0 Å². The largest absolute Gasteiger partial charge is 0.490 e. The number of carbonyl (C=O) groups excluding carboxylic acids is 1. The van der Waals surface area contributed by atoms with Crippen LogP contribution < -0.4 is 0 Å². The van der Waals surface area contributed by atoms with E-state index >= 15 is 0 Å². The summed E-state index contributed by atoms with van der Waals surface area (Å²) in [4.78, 5) is 35.2. The lowest BCUT2D eigenvalue weighted by Crippen LogP contribution is -2.53. The van der Waals surface area contributed by atoms with Crippen molar-refractivity contribution in [3.8, 4) is 0 Å². The highest BCUT2D eigenvalue weighted by atomic mass is 19.4. The first-order valence-electron chi connectivity index (χ1n) is 7.61. The number of alkyl halides is 3. The average Bonchev–Trinajstić information content (AvgIpc) is 3.22. The van der Waals surface area contributed by atoms with Gasteiger partial charge in [-0.1, -0.05) is 0 Å². The Bertz CT molecular complexity index is 695. The molecule has 2 amide bonds. The standard InChI is InChI=1S/C12H16N4O3.C2HF3O2/c1-15(8-2-3-8)12(19)16-5-7(6-16)9-4-10(11(17)18)14-13-9;3-2(4,5)1(6)7/h4,7-8H,2-3,5-6H2,1H3,(H,13,14)(H,17,18);(H,6,7). The summed E-state index contributed by atoms with van der Waals surface area (Å²) in [5.41, 5.74) is 0.811. The summed E-state index contributed by atoms with van der Waals surface area (Å²) in [6.07, 6.45) is -2.88. The zero-order valence-electron chi connectivity index (χ0n) is 13.7. The lowest BCUT2D eigenvalue weighted by Gasteiger charge is -2.40. The minimum absolute atomic E-state index is 0.0230. The van der Waals surface area contributed by atoms with Crippen molar-refractivity contribution in [3.05, 3.63) is 17.5 Å². The van der Waals surface area contributed by atoms with Gasteiger partial charge in [-0.15, -0.1) is 0 Å². The van der Waals surface area contributed by atoms with E-state index in [1.807, 2.05) is 7.05 Å². The zero-order chi connectivity index (χ0) is 19.6. The lowest BCUT2D eigenvalue weighted by atomic mass is 9.96. The monoisotopic (exact) mass is 378 g/mol. The molecule has 0 spiro atoms. The molecule has 0 unspecified atom stereocenters. The zero-order valence-corrected chi connectivity index (χ0v) is 13.7. The maximum atomic E-state index is 12.0. The number of carbonyl (C=O) groups is 3. The highest BCUT2D eigenvalue weighted by Crippen LogP contribution is 2.30. The molecule has 3 N–H and O–H groups in total. The number of halogens is 3. The summed E-state index contributed by atoms with van der Waals surface area (Å²) < 4.78 is 31.7. The van der Waals surface area contributed by atoms with E-state index < -0.39 is 18.1 Å². The Balaban J connectivity index is 0.000000298. The van der Waals surface area contributed by atoms with Crippen molar-refractivity contribution in [2.24, 2.45) is 0 Å². The predicted molar refractivity (Wildman–Crippen MR) is 79.7 cm³/mol. The van der Waals surface area contributed by atoms with Crippen molar-refractivity contribution >= 4 is 18.0 Å². The van der Waals surface area contributed by atoms with Gasteiger partial charge in [-0.05, 0) is 18.9 Å². The third-order valence-electron chi connectivity index (χ3n) is 4.05. The van der Waals surface area contributed by atoms with Gasteiger partial charge in [-0.3, -0.25) is 5.10 Å². The number of aromatic nitrogens is 2. The molecule has 1 aliphatic carbocycles. The number of H-pyrrole nitrogens is 1. The summed E-state index contributed by atoms with van der Waals surface area (Å²) in [6, 6.07) is 2.02. The molecular formula is C14H17F3N4O5. The van der Waals surface area contributed by atoms with Crippen LogP contribution in [0.2, 0.25) is 0 Å². The van der Waals surface area contributed by atoms with Crippen LogP contribution in [0.1, 0.15) is 34.9 Å². The van der Waals surface area contributed by atoms with E-state index in [1.165, 1.54) is 0 Å². The molecule has 9 nitrogen and oxygen atoms in total. The van der Waals surface area contributed by atoms with Crippen molar-refractivity contribution in [1.29, 1.82) is 0 Å². The Hall–Kier alpha value is -2.79. The first-order chi connectivity index (χ1) is 12.0. The molecule has 2 heterocycles. The summed E-state index contributed by atoms with van der Waals surface area (Å²) in [6.45, 7) is 1.24. The minimum atomic E-state index is -5.08. The Kier molecular flexibility index (Phi) is 5.42. The molecule has 1 aromatic heterocycles. The molecule has 1 saturated carbocycles. The number of nitrogens with zero attached hydrogens (tertiary/aromatic N) is 3. The van der Waals surface area contributed by atoms with Crippen LogP contribution in [0.5, 0.6) is 0 Å². The third-order valence-corrected chi connectivity index (χ3v) is 4.05. The Morgan fingerprint density at radius 2 is 1.81 bits per heavy atom. The van der Waals surface area contributed by atoms with Crippen LogP contribution >= 0.6 is 0 Å². The number of carboxylic acid groups (broad SMARTS) is 2. The number of carboxylic acids is 2. The van der Waals surface area contributed by atoms with Crippen molar-refractivity contribution in [2.45, 2.75) is 31.0 Å². The maximum Gasteiger partial charge on any atom is 0.490 e.